The van der Waals surface area contributed by atoms with Gasteiger partial charge in [-0.2, -0.15) is 8.42 Å². The van der Waals surface area contributed by atoms with E-state index in [4.69, 9.17) is 18.4 Å². The topological polar surface area (TPSA) is 88.1 Å². The van der Waals surface area contributed by atoms with Crippen LogP contribution in [0.1, 0.15) is 25.8 Å². The summed E-state index contributed by atoms with van der Waals surface area (Å²) < 4.78 is 45.1. The van der Waals surface area contributed by atoms with Gasteiger partial charge in [0.15, 0.2) is 0 Å². The average molecular weight is 420 g/mol. The molecule has 0 radical (unpaired) electrons. The SMILES string of the molecule is CC(C)(OS(C)(=O)=O)C1CC(=O)OC1OCc1cccc(Oc2ccccc2)c1. The maximum absolute atomic E-state index is 11.8. The standard InChI is InChI=1S/C21H24O7S/c1-21(2,28-29(3,23)24)18-13-19(22)27-20(18)25-14-15-8-7-11-17(12-15)26-16-9-5-4-6-10-16/h4-12,18,20H,13-14H2,1-3H3. The van der Waals surface area contributed by atoms with E-state index in [2.05, 4.69) is 0 Å². The lowest BCUT2D eigenvalue weighted by atomic mass is 9.89. The molecule has 0 N–H and O–H groups in total. The van der Waals surface area contributed by atoms with Crippen molar-refractivity contribution in [2.24, 2.45) is 5.92 Å². The number of benzene rings is 2. The first-order valence-corrected chi connectivity index (χ1v) is 11.0. The lowest BCUT2D eigenvalue weighted by Crippen LogP contribution is -2.41. The van der Waals surface area contributed by atoms with Gasteiger partial charge in [0.1, 0.15) is 11.5 Å². The highest BCUT2D eigenvalue weighted by atomic mass is 32.2. The number of para-hydroxylation sites is 1. The highest BCUT2D eigenvalue weighted by molar-refractivity contribution is 7.86. The van der Waals surface area contributed by atoms with Gasteiger partial charge in [-0.1, -0.05) is 30.3 Å². The van der Waals surface area contributed by atoms with Crippen LogP contribution in [0.4, 0.5) is 0 Å². The summed E-state index contributed by atoms with van der Waals surface area (Å²) in [6.45, 7) is 3.37. The molecular formula is C21H24O7S. The lowest BCUT2D eigenvalue weighted by molar-refractivity contribution is -0.179. The van der Waals surface area contributed by atoms with Gasteiger partial charge in [-0.3, -0.25) is 8.98 Å². The van der Waals surface area contributed by atoms with Gasteiger partial charge < -0.3 is 14.2 Å². The van der Waals surface area contributed by atoms with E-state index in [0.717, 1.165) is 17.6 Å². The zero-order valence-electron chi connectivity index (χ0n) is 16.5. The Morgan fingerprint density at radius 2 is 1.76 bits per heavy atom. The lowest BCUT2D eigenvalue weighted by Gasteiger charge is -2.32. The number of ether oxygens (including phenoxy) is 3. The smallest absolute Gasteiger partial charge is 0.308 e. The van der Waals surface area contributed by atoms with Crippen molar-refractivity contribution in [1.82, 2.24) is 0 Å². The summed E-state index contributed by atoms with van der Waals surface area (Å²) in [7, 11) is -3.70. The predicted octanol–water partition coefficient (Wildman–Crippen LogP) is 3.64. The third kappa shape index (κ3) is 6.03. The molecule has 2 aromatic carbocycles. The van der Waals surface area contributed by atoms with E-state index in [1.165, 1.54) is 0 Å². The maximum atomic E-state index is 11.8. The Kier molecular flexibility index (Phi) is 6.26. The average Bonchev–Trinajstić information content (AvgIpc) is 3.01. The molecule has 0 bridgehead atoms. The van der Waals surface area contributed by atoms with Gasteiger partial charge in [-0.05, 0) is 43.7 Å². The quantitative estimate of drug-likeness (QED) is 0.476. The molecule has 2 unspecified atom stereocenters. The summed E-state index contributed by atoms with van der Waals surface area (Å²) in [5.74, 6) is 0.354. The Balaban J connectivity index is 1.66. The first-order chi connectivity index (χ1) is 13.6. The maximum Gasteiger partial charge on any atom is 0.308 e. The number of carbonyl (C=O) groups is 1. The van der Waals surface area contributed by atoms with Gasteiger partial charge in [-0.15, -0.1) is 0 Å². The highest BCUT2D eigenvalue weighted by Crippen LogP contribution is 2.36. The minimum Gasteiger partial charge on any atom is -0.457 e. The van der Waals surface area contributed by atoms with Crippen molar-refractivity contribution in [3.63, 3.8) is 0 Å². The Hall–Kier alpha value is -2.42. The van der Waals surface area contributed by atoms with E-state index in [1.54, 1.807) is 13.8 Å². The van der Waals surface area contributed by atoms with Crippen LogP contribution in [0.5, 0.6) is 11.5 Å². The van der Waals surface area contributed by atoms with Crippen LogP contribution in [0.25, 0.3) is 0 Å². The molecule has 156 valence electrons. The molecule has 1 fully saturated rings. The summed E-state index contributed by atoms with van der Waals surface area (Å²) in [5, 5.41) is 0. The molecule has 0 aliphatic carbocycles. The van der Waals surface area contributed by atoms with Gasteiger partial charge in [-0.25, -0.2) is 0 Å². The van der Waals surface area contributed by atoms with Crippen LogP contribution in [0, 0.1) is 5.92 Å². The minimum atomic E-state index is -3.70. The molecule has 7 nitrogen and oxygen atoms in total. The fourth-order valence-electron chi connectivity index (χ4n) is 3.21. The number of esters is 1. The fraction of sp³-hybridized carbons (Fsp3) is 0.381. The zero-order chi connectivity index (χ0) is 21.1. The van der Waals surface area contributed by atoms with Crippen LogP contribution in [-0.2, 0) is 35.2 Å². The van der Waals surface area contributed by atoms with Gasteiger partial charge in [0.05, 0.1) is 30.8 Å². The van der Waals surface area contributed by atoms with E-state index >= 15 is 0 Å². The summed E-state index contributed by atoms with van der Waals surface area (Å²) >= 11 is 0. The number of rotatable bonds is 8. The summed E-state index contributed by atoms with van der Waals surface area (Å²) in [6.07, 6.45) is 0.0862. The van der Waals surface area contributed by atoms with Gasteiger partial charge >= 0.3 is 5.97 Å². The zero-order valence-corrected chi connectivity index (χ0v) is 17.3. The molecule has 1 saturated heterocycles. The third-order valence-corrected chi connectivity index (χ3v) is 5.25. The van der Waals surface area contributed by atoms with E-state index in [9.17, 15) is 13.2 Å². The number of cyclic esters (lactones) is 1. The van der Waals surface area contributed by atoms with Crippen molar-refractivity contribution in [2.45, 2.75) is 38.8 Å². The van der Waals surface area contributed by atoms with Crippen molar-refractivity contribution >= 4 is 16.1 Å². The van der Waals surface area contributed by atoms with Crippen LogP contribution in [0.2, 0.25) is 0 Å². The van der Waals surface area contributed by atoms with Crippen molar-refractivity contribution in [3.05, 3.63) is 60.2 Å². The molecule has 3 rings (SSSR count). The van der Waals surface area contributed by atoms with Crippen LogP contribution < -0.4 is 4.74 Å². The largest absolute Gasteiger partial charge is 0.457 e. The van der Waals surface area contributed by atoms with Crippen molar-refractivity contribution < 1.29 is 31.6 Å². The Morgan fingerprint density at radius 1 is 1.07 bits per heavy atom. The Bertz CT molecular complexity index is 954. The second kappa shape index (κ2) is 8.52. The Labute approximate surface area is 170 Å². The van der Waals surface area contributed by atoms with Crippen LogP contribution in [0.3, 0.4) is 0 Å². The van der Waals surface area contributed by atoms with Crippen molar-refractivity contribution in [1.29, 1.82) is 0 Å². The van der Waals surface area contributed by atoms with E-state index in [0.29, 0.717) is 5.75 Å². The first-order valence-electron chi connectivity index (χ1n) is 9.16. The summed E-state index contributed by atoms with van der Waals surface area (Å²) in [6, 6.07) is 16.8. The molecule has 1 aliphatic rings. The van der Waals surface area contributed by atoms with Crippen molar-refractivity contribution in [2.75, 3.05) is 6.26 Å². The second-order valence-electron chi connectivity index (χ2n) is 7.43. The fourth-order valence-corrected chi connectivity index (χ4v) is 4.12. The number of hydrogen-bond donors (Lipinski definition) is 0. The molecule has 0 saturated carbocycles. The Morgan fingerprint density at radius 3 is 2.45 bits per heavy atom. The van der Waals surface area contributed by atoms with Crippen LogP contribution in [-0.4, -0.2) is 32.5 Å². The number of hydrogen-bond acceptors (Lipinski definition) is 7. The molecule has 0 spiro atoms. The molecule has 8 heteroatoms. The van der Waals surface area contributed by atoms with E-state index in [1.807, 2.05) is 54.6 Å². The van der Waals surface area contributed by atoms with E-state index < -0.39 is 33.9 Å². The molecule has 0 aromatic heterocycles. The minimum absolute atomic E-state index is 0.0182. The van der Waals surface area contributed by atoms with Gasteiger partial charge in [0.2, 0.25) is 6.29 Å². The summed E-state index contributed by atoms with van der Waals surface area (Å²) in [5.41, 5.74) is -0.329. The van der Waals surface area contributed by atoms with Gasteiger partial charge in [0.25, 0.3) is 10.1 Å². The van der Waals surface area contributed by atoms with Crippen LogP contribution in [0.15, 0.2) is 54.6 Å². The molecule has 1 heterocycles. The van der Waals surface area contributed by atoms with Gasteiger partial charge in [0, 0.05) is 0 Å². The normalized spacial score (nSPS) is 19.8. The molecular weight excluding hydrogens is 396 g/mol. The first kappa shape index (κ1) is 21.3. The molecule has 2 aromatic rings. The van der Waals surface area contributed by atoms with Crippen molar-refractivity contribution in [3.8, 4) is 11.5 Å². The molecule has 0 amide bonds. The predicted molar refractivity (Wildman–Crippen MR) is 106 cm³/mol. The second-order valence-corrected chi connectivity index (χ2v) is 9.01. The third-order valence-electron chi connectivity index (χ3n) is 4.51. The van der Waals surface area contributed by atoms with E-state index in [-0.39, 0.29) is 13.0 Å². The van der Waals surface area contributed by atoms with Crippen LogP contribution >= 0.6 is 0 Å². The summed E-state index contributed by atoms with van der Waals surface area (Å²) in [4.78, 5) is 11.8. The monoisotopic (exact) mass is 420 g/mol. The molecule has 1 aliphatic heterocycles. The molecule has 29 heavy (non-hydrogen) atoms. The highest BCUT2D eigenvalue weighted by Gasteiger charge is 2.47. The number of carbonyl (C=O) groups excluding carboxylic acids is 1. The molecule has 2 atom stereocenters.